The van der Waals surface area contributed by atoms with Crippen LogP contribution in [0.5, 0.6) is 5.75 Å². The second-order valence-corrected chi connectivity index (χ2v) is 4.32. The van der Waals surface area contributed by atoms with Gasteiger partial charge in [-0.25, -0.2) is 4.39 Å². The summed E-state index contributed by atoms with van der Waals surface area (Å²) in [6.45, 7) is 1.90. The normalized spacial score (nSPS) is 12.2. The van der Waals surface area contributed by atoms with E-state index >= 15 is 0 Å². The molecule has 1 atom stereocenters. The molecule has 0 saturated heterocycles. The van der Waals surface area contributed by atoms with E-state index in [2.05, 4.69) is 15.9 Å². The van der Waals surface area contributed by atoms with Crippen molar-refractivity contribution in [2.75, 3.05) is 0 Å². The van der Waals surface area contributed by atoms with Crippen molar-refractivity contribution in [3.05, 3.63) is 28.5 Å². The summed E-state index contributed by atoms with van der Waals surface area (Å²) < 4.78 is 19.1. The van der Waals surface area contributed by atoms with E-state index in [1.807, 2.05) is 6.92 Å². The predicted octanol–water partition coefficient (Wildman–Crippen LogP) is 3.03. The summed E-state index contributed by atoms with van der Waals surface area (Å²) in [7, 11) is 0. The molecule has 0 bridgehead atoms. The SMILES string of the molecule is CCC(Oc1cc(F)ccc1Br)C(N)=S. The highest BCUT2D eigenvalue weighted by molar-refractivity contribution is 9.10. The van der Waals surface area contributed by atoms with Gasteiger partial charge < -0.3 is 10.5 Å². The second kappa shape index (κ2) is 5.42. The van der Waals surface area contributed by atoms with E-state index in [1.54, 1.807) is 6.07 Å². The van der Waals surface area contributed by atoms with Crippen molar-refractivity contribution in [2.24, 2.45) is 5.73 Å². The Morgan fingerprint density at radius 2 is 2.33 bits per heavy atom. The number of rotatable bonds is 4. The summed E-state index contributed by atoms with van der Waals surface area (Å²) in [6.07, 6.45) is 0.288. The van der Waals surface area contributed by atoms with Gasteiger partial charge >= 0.3 is 0 Å². The molecule has 5 heteroatoms. The van der Waals surface area contributed by atoms with Gasteiger partial charge in [0.25, 0.3) is 0 Å². The molecule has 82 valence electrons. The number of benzene rings is 1. The maximum absolute atomic E-state index is 12.9. The highest BCUT2D eigenvalue weighted by Crippen LogP contribution is 2.26. The molecule has 1 aromatic rings. The van der Waals surface area contributed by atoms with Gasteiger partial charge in [-0.15, -0.1) is 0 Å². The van der Waals surface area contributed by atoms with Crippen molar-refractivity contribution in [2.45, 2.75) is 19.4 Å². The Balaban J connectivity index is 2.87. The zero-order valence-electron chi connectivity index (χ0n) is 8.17. The number of hydrogen-bond acceptors (Lipinski definition) is 2. The van der Waals surface area contributed by atoms with Crippen LogP contribution in [0.2, 0.25) is 0 Å². The minimum atomic E-state index is -0.363. The first-order valence-electron chi connectivity index (χ1n) is 4.45. The Hall–Kier alpha value is -0.680. The van der Waals surface area contributed by atoms with Crippen molar-refractivity contribution in [3.63, 3.8) is 0 Å². The molecule has 0 saturated carbocycles. The van der Waals surface area contributed by atoms with Crippen LogP contribution in [-0.2, 0) is 0 Å². The standard InChI is InChI=1S/C10H11BrFNOS/c1-2-8(10(13)15)14-9-5-6(12)3-4-7(9)11/h3-5,8H,2H2,1H3,(H2,13,15). The molecule has 0 fully saturated rings. The van der Waals surface area contributed by atoms with Crippen LogP contribution >= 0.6 is 28.1 Å². The van der Waals surface area contributed by atoms with E-state index in [9.17, 15) is 4.39 Å². The van der Waals surface area contributed by atoms with Crippen molar-refractivity contribution < 1.29 is 9.13 Å². The first-order chi connectivity index (χ1) is 7.04. The maximum Gasteiger partial charge on any atom is 0.148 e. The Morgan fingerprint density at radius 3 is 2.87 bits per heavy atom. The van der Waals surface area contributed by atoms with Gasteiger partial charge in [0.15, 0.2) is 0 Å². The van der Waals surface area contributed by atoms with Crippen LogP contribution in [-0.4, -0.2) is 11.1 Å². The first-order valence-corrected chi connectivity index (χ1v) is 5.65. The molecule has 15 heavy (non-hydrogen) atoms. The Kier molecular flexibility index (Phi) is 4.47. The molecule has 0 spiro atoms. The number of thiocarbonyl (C=S) groups is 1. The summed E-state index contributed by atoms with van der Waals surface area (Å²) in [5, 5.41) is 0. The quantitative estimate of drug-likeness (QED) is 0.866. The molecular weight excluding hydrogens is 281 g/mol. The van der Waals surface area contributed by atoms with E-state index in [0.29, 0.717) is 16.6 Å². The van der Waals surface area contributed by atoms with Gasteiger partial charge in [0.05, 0.1) is 4.47 Å². The minimum Gasteiger partial charge on any atom is -0.482 e. The van der Waals surface area contributed by atoms with E-state index in [-0.39, 0.29) is 16.9 Å². The van der Waals surface area contributed by atoms with Gasteiger partial charge in [-0.2, -0.15) is 0 Å². The van der Waals surface area contributed by atoms with Gasteiger partial charge in [-0.3, -0.25) is 0 Å². The van der Waals surface area contributed by atoms with E-state index in [1.165, 1.54) is 12.1 Å². The minimum absolute atomic E-state index is 0.272. The molecule has 0 radical (unpaired) electrons. The second-order valence-electron chi connectivity index (χ2n) is 2.99. The third-order valence-electron chi connectivity index (χ3n) is 1.85. The van der Waals surface area contributed by atoms with Crippen LogP contribution in [0.3, 0.4) is 0 Å². The number of nitrogens with two attached hydrogens (primary N) is 1. The van der Waals surface area contributed by atoms with E-state index in [0.717, 1.165) is 0 Å². The van der Waals surface area contributed by atoms with Crippen molar-refractivity contribution >= 4 is 33.1 Å². The fourth-order valence-electron chi connectivity index (χ4n) is 1.06. The third kappa shape index (κ3) is 3.43. The van der Waals surface area contributed by atoms with Crippen molar-refractivity contribution in [1.82, 2.24) is 0 Å². The maximum atomic E-state index is 12.9. The molecule has 0 aromatic heterocycles. The summed E-state index contributed by atoms with van der Waals surface area (Å²) in [5.74, 6) is 0.0562. The summed E-state index contributed by atoms with van der Waals surface area (Å²) in [6, 6.07) is 4.22. The topological polar surface area (TPSA) is 35.2 Å². The van der Waals surface area contributed by atoms with Crippen LogP contribution in [0.1, 0.15) is 13.3 Å². The summed E-state index contributed by atoms with van der Waals surface area (Å²) in [4.78, 5) is 0.272. The molecular formula is C10H11BrFNOS. The van der Waals surface area contributed by atoms with Crippen LogP contribution < -0.4 is 10.5 Å². The predicted molar refractivity (Wildman–Crippen MR) is 65.6 cm³/mol. The zero-order chi connectivity index (χ0) is 11.4. The molecule has 0 aliphatic rings. The third-order valence-corrected chi connectivity index (χ3v) is 2.77. The van der Waals surface area contributed by atoms with Gasteiger partial charge in [0.2, 0.25) is 0 Å². The largest absolute Gasteiger partial charge is 0.482 e. The molecule has 2 N–H and O–H groups in total. The van der Waals surface area contributed by atoms with E-state index in [4.69, 9.17) is 22.7 Å². The molecule has 0 aliphatic heterocycles. The lowest BCUT2D eigenvalue weighted by atomic mass is 10.2. The Labute approximate surface area is 102 Å². The van der Waals surface area contributed by atoms with Crippen LogP contribution in [0.25, 0.3) is 0 Å². The summed E-state index contributed by atoms with van der Waals surface area (Å²) >= 11 is 8.10. The van der Waals surface area contributed by atoms with Gasteiger partial charge in [0, 0.05) is 6.07 Å². The smallest absolute Gasteiger partial charge is 0.148 e. The fourth-order valence-corrected chi connectivity index (χ4v) is 1.62. The van der Waals surface area contributed by atoms with Gasteiger partial charge in [-0.1, -0.05) is 19.1 Å². The lowest BCUT2D eigenvalue weighted by Gasteiger charge is -2.16. The number of halogens is 2. The highest BCUT2D eigenvalue weighted by atomic mass is 79.9. The number of ether oxygens (including phenoxy) is 1. The lowest BCUT2D eigenvalue weighted by Crippen LogP contribution is -2.31. The van der Waals surface area contributed by atoms with Crippen molar-refractivity contribution in [1.29, 1.82) is 0 Å². The average molecular weight is 292 g/mol. The van der Waals surface area contributed by atoms with Crippen LogP contribution in [0.15, 0.2) is 22.7 Å². The van der Waals surface area contributed by atoms with E-state index < -0.39 is 0 Å². The fraction of sp³-hybridized carbons (Fsp3) is 0.300. The molecule has 2 nitrogen and oxygen atoms in total. The molecule has 1 unspecified atom stereocenters. The van der Waals surface area contributed by atoms with Crippen LogP contribution in [0.4, 0.5) is 4.39 Å². The molecule has 1 rings (SSSR count). The van der Waals surface area contributed by atoms with Gasteiger partial charge in [-0.05, 0) is 34.5 Å². The first kappa shape index (κ1) is 12.4. The molecule has 0 amide bonds. The van der Waals surface area contributed by atoms with Crippen molar-refractivity contribution in [3.8, 4) is 5.75 Å². The lowest BCUT2D eigenvalue weighted by molar-refractivity contribution is 0.261. The molecule has 1 aromatic carbocycles. The number of hydrogen-bond donors (Lipinski definition) is 1. The van der Waals surface area contributed by atoms with Crippen LogP contribution in [0, 0.1) is 5.82 Å². The zero-order valence-corrected chi connectivity index (χ0v) is 10.6. The highest BCUT2D eigenvalue weighted by Gasteiger charge is 2.13. The molecule has 0 heterocycles. The van der Waals surface area contributed by atoms with Gasteiger partial charge in [0.1, 0.15) is 22.7 Å². The average Bonchev–Trinajstić information content (AvgIpc) is 2.18. The molecule has 0 aliphatic carbocycles. The Bertz CT molecular complexity index is 372. The monoisotopic (exact) mass is 291 g/mol. The Morgan fingerprint density at radius 1 is 1.67 bits per heavy atom. The summed E-state index contributed by atoms with van der Waals surface area (Å²) in [5.41, 5.74) is 5.48.